The molecule has 0 N–H and O–H groups in total. The molecule has 4 aromatic rings. The van der Waals surface area contributed by atoms with Crippen LogP contribution in [0.25, 0.3) is 0 Å². The van der Waals surface area contributed by atoms with Crippen molar-refractivity contribution in [2.24, 2.45) is 23.7 Å². The lowest BCUT2D eigenvalue weighted by Gasteiger charge is -2.35. The molecule has 1 aliphatic rings. The first-order chi connectivity index (χ1) is 39.6. The van der Waals surface area contributed by atoms with E-state index in [1.165, 1.54) is 42.0 Å². The van der Waals surface area contributed by atoms with Crippen molar-refractivity contribution < 1.29 is 66.8 Å². The molecule has 0 aliphatic carbocycles. The van der Waals surface area contributed by atoms with Crippen LogP contribution in [-0.4, -0.2) is 178 Å². The van der Waals surface area contributed by atoms with Crippen LogP contribution in [0.4, 0.5) is 0 Å². The number of carbonyl (C=O) groups excluding carboxylic acids is 8. The summed E-state index contributed by atoms with van der Waals surface area (Å²) in [5.74, 6) is -6.39. The van der Waals surface area contributed by atoms with Crippen molar-refractivity contribution in [3.8, 4) is 11.5 Å². The summed E-state index contributed by atoms with van der Waals surface area (Å²) >= 11 is 0. The van der Waals surface area contributed by atoms with Crippen LogP contribution in [0.1, 0.15) is 117 Å². The molecule has 22 nitrogen and oxygen atoms in total. The van der Waals surface area contributed by atoms with Crippen LogP contribution in [0.5, 0.6) is 11.5 Å². The van der Waals surface area contributed by atoms with Gasteiger partial charge in [0.1, 0.15) is 24.2 Å². The molecule has 0 saturated carbocycles. The van der Waals surface area contributed by atoms with Crippen molar-refractivity contribution in [3.63, 3.8) is 0 Å². The van der Waals surface area contributed by atoms with E-state index in [4.69, 9.17) is 28.4 Å². The lowest BCUT2D eigenvalue weighted by atomic mass is 9.99. The Morgan fingerprint density at radius 2 is 0.679 bits per heavy atom. The molecule has 0 unspecified atom stereocenters. The number of nitrogens with zero attached hydrogens (tertiary/aromatic N) is 8. The third-order valence-corrected chi connectivity index (χ3v) is 14.7. The van der Waals surface area contributed by atoms with Crippen LogP contribution < -0.4 is 9.47 Å². The monoisotopic (exact) mass is 1170 g/mol. The third kappa shape index (κ3) is 18.6. The summed E-state index contributed by atoms with van der Waals surface area (Å²) in [5, 5.41) is 8.65. The number of likely N-dealkylation sites (N-methyl/N-ethyl adjacent to an activating group) is 4. The van der Waals surface area contributed by atoms with Crippen LogP contribution in [0.3, 0.4) is 0 Å². The topological polar surface area (TPSA) is 241 Å². The van der Waals surface area contributed by atoms with Gasteiger partial charge >= 0.3 is 23.9 Å². The van der Waals surface area contributed by atoms with Gasteiger partial charge < -0.3 is 48.0 Å². The molecule has 1 aliphatic heterocycles. The lowest BCUT2D eigenvalue weighted by molar-refractivity contribution is -0.176. The van der Waals surface area contributed by atoms with E-state index in [-0.39, 0.29) is 62.2 Å². The van der Waals surface area contributed by atoms with Gasteiger partial charge in [-0.2, -0.15) is 10.2 Å². The van der Waals surface area contributed by atoms with E-state index in [9.17, 15) is 28.8 Å². The lowest BCUT2D eigenvalue weighted by Crippen LogP contribution is -2.55. The Kier molecular flexibility index (Phi) is 24.5. The van der Waals surface area contributed by atoms with Crippen LogP contribution in [0.15, 0.2) is 73.3 Å². The molecule has 2 aromatic carbocycles. The van der Waals surface area contributed by atoms with E-state index in [1.807, 2.05) is 79.7 Å². The minimum absolute atomic E-state index is 0.0711. The smallest absolute Gasteiger partial charge is 0.329 e. The highest BCUT2D eigenvalue weighted by Gasteiger charge is 2.43. The molecular formula is C62H88N8O14. The maximum absolute atomic E-state index is 15.0. The Balaban J connectivity index is 1.58. The Hall–Kier alpha value is -7.78. The van der Waals surface area contributed by atoms with Gasteiger partial charge in [0.05, 0.1) is 52.1 Å². The quantitative estimate of drug-likeness (QED) is 0.0799. The van der Waals surface area contributed by atoms with Crippen LogP contribution in [0.2, 0.25) is 0 Å². The van der Waals surface area contributed by atoms with Gasteiger partial charge in [-0.15, -0.1) is 0 Å². The number of hydrogen-bond acceptors (Lipinski definition) is 16. The van der Waals surface area contributed by atoms with Gasteiger partial charge in [-0.1, -0.05) is 104 Å². The molecule has 0 spiro atoms. The zero-order valence-corrected chi connectivity index (χ0v) is 51.8. The fraction of sp³-hybridized carbons (Fsp3) is 0.581. The Morgan fingerprint density at radius 1 is 0.417 bits per heavy atom. The maximum atomic E-state index is 15.0. The number of esters is 4. The summed E-state index contributed by atoms with van der Waals surface area (Å²) in [6.45, 7) is 18.3. The van der Waals surface area contributed by atoms with E-state index in [0.29, 0.717) is 35.7 Å². The molecule has 460 valence electrons. The Labute approximate surface area is 494 Å². The number of cyclic esters (lactones) is 4. The number of hydrogen-bond donors (Lipinski definition) is 0. The number of rotatable bonds is 18. The molecule has 8 atom stereocenters. The molecule has 84 heavy (non-hydrogen) atoms. The average molecular weight is 1170 g/mol. The SMILES string of the molecule is COc1cnn(Cc2ccc(C[C@H]3OC(=O)[C@H](CC(C)C)N(C)C(=O)[C@@H](C)OC(=O)[C@H](CC(C)C)N(C)C(=O)[C@@H](Cc4ccc(Cn5cc(OC)cn5)cc4)OC(=O)[C@H](CC(C)C)N(C)C(=O)[C@@H](C)OC(=O)[C@H](CC(C)C)N(C)C3=O)cc2)c1. The normalized spacial score (nSPS) is 22.6. The van der Waals surface area contributed by atoms with Crippen molar-refractivity contribution in [1.29, 1.82) is 0 Å². The van der Waals surface area contributed by atoms with Crippen LogP contribution >= 0.6 is 0 Å². The molecule has 0 bridgehead atoms. The maximum Gasteiger partial charge on any atom is 0.329 e. The average Bonchev–Trinajstić information content (AvgIpc) is 4.03. The molecule has 22 heteroatoms. The van der Waals surface area contributed by atoms with Gasteiger partial charge in [-0.05, 0) is 85.5 Å². The summed E-state index contributed by atoms with van der Waals surface area (Å²) in [4.78, 5) is 122. The minimum atomic E-state index is -1.55. The van der Waals surface area contributed by atoms with E-state index in [0.717, 1.165) is 30.7 Å². The standard InChI is InChI=1S/C62H88N8O14/c1-37(2)25-49-59(75)81-41(9)55(71)65(11)52(28-40(7)8)62(78)84-54(30-44-19-23-46(24-20-44)34-70-36-48(80-16)32-64-70)58(74)68(14)50(26-38(3)4)60(76)82-42(10)56(72)66(12)51(27-39(5)6)61(77)83-53(57(73)67(49)13)29-43-17-21-45(22-18-43)33-69-35-47(79-15)31-63-69/h17-24,31-32,35-42,49-54H,25-30,33-34H2,1-16H3/t41-,42-,49+,50+,51+,52+,53-,54-/m1/s1. The van der Waals surface area contributed by atoms with Gasteiger partial charge in [-0.3, -0.25) is 28.5 Å². The Bertz CT molecular complexity index is 2660. The first-order valence-electron chi connectivity index (χ1n) is 28.8. The number of benzene rings is 2. The number of amides is 4. The summed E-state index contributed by atoms with van der Waals surface area (Å²) in [5.41, 5.74) is 2.93. The predicted octanol–water partition coefficient (Wildman–Crippen LogP) is 6.17. The molecule has 1 saturated heterocycles. The second-order valence-corrected chi connectivity index (χ2v) is 23.6. The molecule has 2 aromatic heterocycles. The van der Waals surface area contributed by atoms with Crippen molar-refractivity contribution in [2.75, 3.05) is 42.4 Å². The molecule has 0 radical (unpaired) electrons. The van der Waals surface area contributed by atoms with E-state index < -0.39 is 96.1 Å². The highest BCUT2D eigenvalue weighted by atomic mass is 16.6. The van der Waals surface area contributed by atoms with E-state index in [1.54, 1.807) is 72.6 Å². The largest absolute Gasteiger partial charge is 0.493 e. The van der Waals surface area contributed by atoms with Gasteiger partial charge in [0.25, 0.3) is 23.6 Å². The minimum Gasteiger partial charge on any atom is -0.493 e. The number of aromatic nitrogens is 4. The summed E-state index contributed by atoms with van der Waals surface area (Å²) in [7, 11) is 8.64. The number of methoxy groups -OCH3 is 2. The van der Waals surface area contributed by atoms with Crippen LogP contribution in [-0.2, 0) is 83.2 Å². The summed E-state index contributed by atoms with van der Waals surface area (Å²) in [6.07, 6.45) is 0.560. The van der Waals surface area contributed by atoms with Crippen LogP contribution in [0, 0.1) is 23.7 Å². The van der Waals surface area contributed by atoms with Crippen molar-refractivity contribution in [1.82, 2.24) is 39.2 Å². The fourth-order valence-corrected chi connectivity index (χ4v) is 9.92. The van der Waals surface area contributed by atoms with Gasteiger partial charge in [0, 0.05) is 41.0 Å². The molecule has 5 rings (SSSR count). The highest BCUT2D eigenvalue weighted by Crippen LogP contribution is 2.25. The predicted molar refractivity (Wildman–Crippen MR) is 311 cm³/mol. The highest BCUT2D eigenvalue weighted by molar-refractivity contribution is 5.94. The van der Waals surface area contributed by atoms with Gasteiger partial charge in [0.15, 0.2) is 35.9 Å². The molecule has 3 heterocycles. The summed E-state index contributed by atoms with van der Waals surface area (Å²) < 4.78 is 38.2. The van der Waals surface area contributed by atoms with E-state index >= 15 is 9.59 Å². The molecule has 1 fully saturated rings. The first-order valence-corrected chi connectivity index (χ1v) is 28.8. The molecule has 4 amide bonds. The first kappa shape index (κ1) is 67.0. The number of ether oxygens (including phenoxy) is 6. The second kappa shape index (κ2) is 30.7. The zero-order valence-electron chi connectivity index (χ0n) is 51.8. The third-order valence-electron chi connectivity index (χ3n) is 14.7. The van der Waals surface area contributed by atoms with Crippen molar-refractivity contribution in [3.05, 3.63) is 95.6 Å². The van der Waals surface area contributed by atoms with Crippen molar-refractivity contribution >= 4 is 47.5 Å². The Morgan fingerprint density at radius 3 is 0.940 bits per heavy atom. The van der Waals surface area contributed by atoms with E-state index in [2.05, 4.69) is 10.2 Å². The van der Waals surface area contributed by atoms with Gasteiger partial charge in [0.2, 0.25) is 0 Å². The second-order valence-electron chi connectivity index (χ2n) is 23.6. The van der Waals surface area contributed by atoms with Crippen molar-refractivity contribution in [2.45, 2.75) is 169 Å². The fourth-order valence-electron chi connectivity index (χ4n) is 9.92. The number of carbonyl (C=O) groups is 8. The molecular weight excluding hydrogens is 1080 g/mol. The van der Waals surface area contributed by atoms with Gasteiger partial charge in [-0.25, -0.2) is 19.2 Å². The summed E-state index contributed by atoms with van der Waals surface area (Å²) in [6, 6.07) is 9.32. The zero-order chi connectivity index (χ0) is 62.3.